The molecule has 0 amide bonds. The van der Waals surface area contributed by atoms with Crippen molar-refractivity contribution in [3.8, 4) is 0 Å². The molecule has 0 spiro atoms. The van der Waals surface area contributed by atoms with Gasteiger partial charge in [0, 0.05) is 0 Å². The molecule has 0 rings (SSSR count). The normalized spacial score (nSPS) is 5.33. The van der Waals surface area contributed by atoms with Crippen LogP contribution in [0.5, 0.6) is 0 Å². The topological polar surface area (TPSA) is 58.9 Å². The van der Waals surface area contributed by atoms with Gasteiger partial charge in [0.1, 0.15) is 0 Å². The van der Waals surface area contributed by atoms with Gasteiger partial charge in [-0.25, -0.2) is 9.59 Å². The smallest absolute Gasteiger partial charge is 0.210 e. The predicted octanol–water partition coefficient (Wildman–Crippen LogP) is 2.14. The molecule has 0 saturated heterocycles. The van der Waals surface area contributed by atoms with Gasteiger partial charge in [0.2, 0.25) is 12.2 Å². The lowest BCUT2D eigenvalue weighted by molar-refractivity contribution is 0.565. The third kappa shape index (κ3) is 112. The molecule has 0 unspecified atom stereocenters. The molecule has 0 aromatic rings. The number of hydrogen-bond donors (Lipinski definition) is 2. The van der Waals surface area contributed by atoms with Crippen LogP contribution in [0.2, 0.25) is 0 Å². The summed E-state index contributed by atoms with van der Waals surface area (Å²) in [4.78, 5) is 17.6. The Hall–Kier alpha value is -0.540. The zero-order valence-corrected chi connectivity index (χ0v) is 8.81. The lowest BCUT2D eigenvalue weighted by atomic mass is 10.4. The highest BCUT2D eigenvalue weighted by Crippen LogP contribution is 1.76. The monoisotopic (exact) mass is 208 g/mol. The molecule has 0 aliphatic carbocycles. The van der Waals surface area contributed by atoms with Gasteiger partial charge in [-0.2, -0.15) is 0 Å². The van der Waals surface area contributed by atoms with Crippen LogP contribution in [0, 0.1) is 0 Å². The molecule has 0 aliphatic heterocycles. The van der Waals surface area contributed by atoms with Gasteiger partial charge in [0.15, 0.2) is 0 Å². The maximum Gasteiger partial charge on any atom is 0.247 e. The molecule has 0 heterocycles. The van der Waals surface area contributed by atoms with E-state index in [-0.39, 0.29) is 0 Å². The maximum absolute atomic E-state index is 8.81. The van der Waals surface area contributed by atoms with E-state index in [4.69, 9.17) is 9.59 Å². The van der Waals surface area contributed by atoms with E-state index < -0.39 is 0 Å². The molecule has 0 saturated carbocycles. The van der Waals surface area contributed by atoms with Crippen molar-refractivity contribution in [2.24, 2.45) is 8.80 Å². The summed E-state index contributed by atoms with van der Waals surface area (Å²) in [7, 11) is 0. The summed E-state index contributed by atoms with van der Waals surface area (Å²) >= 11 is 6.24. The maximum atomic E-state index is 8.81. The number of rotatable bonds is 1. The fraction of sp³-hybridized carbons (Fsp3) is 0.667. The van der Waals surface area contributed by atoms with Gasteiger partial charge in [-0.3, -0.25) is 0 Å². The molecule has 70 valence electrons. The second kappa shape index (κ2) is 31.4. The van der Waals surface area contributed by atoms with Crippen molar-refractivity contribution in [1.82, 2.24) is 0 Å². The van der Waals surface area contributed by atoms with Crippen LogP contribution in [0.25, 0.3) is 0 Å². The van der Waals surface area contributed by atoms with E-state index in [2.05, 4.69) is 48.3 Å². The molecule has 0 atom stereocenters. The van der Waals surface area contributed by atoms with E-state index in [9.17, 15) is 0 Å². The Bertz CT molecular complexity index is 134. The number of hydrogen-bond acceptors (Lipinski definition) is 6. The summed E-state index contributed by atoms with van der Waals surface area (Å²) in [5, 5.41) is 0. The van der Waals surface area contributed by atoms with Crippen molar-refractivity contribution >= 4 is 37.8 Å². The number of carbonyl (C=O) groups excluding carboxylic acids is 2. The average Bonchev–Trinajstić information content (AvgIpc) is 2.18. The minimum atomic E-state index is 1.17. The number of isocyanates is 2. The van der Waals surface area contributed by atoms with Crippen LogP contribution in [0.1, 0.15) is 26.7 Å². The summed E-state index contributed by atoms with van der Waals surface area (Å²) in [6.45, 7) is 4.36. The van der Waals surface area contributed by atoms with Crippen LogP contribution in [0.15, 0.2) is 8.80 Å². The number of thiol groups is 2. The minimum absolute atomic E-state index is 1.17. The third-order valence-electron chi connectivity index (χ3n) is 0.582. The molecule has 6 heteroatoms. The van der Waals surface area contributed by atoms with Gasteiger partial charge in [-0.05, 0) is 25.6 Å². The highest BCUT2D eigenvalue weighted by Gasteiger charge is 1.56. The van der Waals surface area contributed by atoms with E-state index in [1.165, 1.54) is 25.0 Å². The van der Waals surface area contributed by atoms with Gasteiger partial charge in [-0.15, -0.1) is 8.80 Å². The van der Waals surface area contributed by atoms with Crippen LogP contribution < -0.4 is 0 Å². The molecular weight excluding hydrogens is 196 g/mol. The zero-order chi connectivity index (χ0) is 10.2. The lowest BCUT2D eigenvalue weighted by Gasteiger charge is -1.68. The van der Waals surface area contributed by atoms with Gasteiger partial charge < -0.3 is 0 Å². The molecule has 0 bridgehead atoms. The summed E-state index contributed by atoms with van der Waals surface area (Å²) < 4.78 is 5.25. The fourth-order valence-corrected chi connectivity index (χ4v) is 0. The Morgan fingerprint density at radius 3 is 1.17 bits per heavy atom. The molecule has 12 heavy (non-hydrogen) atoms. The molecule has 0 N–H and O–H groups in total. The van der Waals surface area contributed by atoms with Crippen LogP contribution in [-0.2, 0) is 9.59 Å². The minimum Gasteiger partial charge on any atom is -0.210 e. The standard InChI is InChI=1S/C4H10.2CHNOS/c1-3-4-2;2*3-1-2-4/h3-4H2,1-2H3;2*4H. The average molecular weight is 208 g/mol. The first-order chi connectivity index (χ1) is 5.74. The Kier molecular flexibility index (Phi) is 45.8. The Balaban J connectivity index is -0.000000101. The number of unbranched alkanes of at least 4 members (excludes halogenated alkanes) is 1. The van der Waals surface area contributed by atoms with E-state index in [1.807, 2.05) is 0 Å². The number of nitrogens with zero attached hydrogens (tertiary/aromatic N) is 2. The van der Waals surface area contributed by atoms with Crippen molar-refractivity contribution in [2.75, 3.05) is 0 Å². The molecule has 0 fully saturated rings. The van der Waals surface area contributed by atoms with Gasteiger partial charge in [0.05, 0.1) is 0 Å². The molecule has 0 aromatic heterocycles. The van der Waals surface area contributed by atoms with Crippen molar-refractivity contribution in [3.63, 3.8) is 0 Å². The summed E-state index contributed by atoms with van der Waals surface area (Å²) in [6, 6.07) is 0. The second-order valence-electron chi connectivity index (χ2n) is 1.38. The first-order valence-corrected chi connectivity index (χ1v) is 3.97. The molecule has 0 aromatic carbocycles. The third-order valence-corrected chi connectivity index (χ3v) is 0.745. The van der Waals surface area contributed by atoms with Gasteiger partial charge >= 0.3 is 0 Å². The first-order valence-electron chi connectivity index (χ1n) is 3.17. The lowest BCUT2D eigenvalue weighted by Crippen LogP contribution is -1.47. The van der Waals surface area contributed by atoms with E-state index >= 15 is 0 Å². The van der Waals surface area contributed by atoms with Crippen molar-refractivity contribution in [2.45, 2.75) is 26.7 Å². The van der Waals surface area contributed by atoms with Crippen LogP contribution >= 0.6 is 25.6 Å². The fourth-order valence-electron chi connectivity index (χ4n) is 0. The molecule has 0 radical (unpaired) electrons. The predicted molar refractivity (Wildman–Crippen MR) is 54.8 cm³/mol. The van der Waals surface area contributed by atoms with Crippen LogP contribution in [0.4, 0.5) is 0 Å². The highest BCUT2D eigenvalue weighted by atomic mass is 32.1. The largest absolute Gasteiger partial charge is 0.247 e. The highest BCUT2D eigenvalue weighted by molar-refractivity contribution is 7.79. The van der Waals surface area contributed by atoms with Gasteiger partial charge in [-0.1, -0.05) is 26.7 Å². The zero-order valence-electron chi connectivity index (χ0n) is 7.02. The van der Waals surface area contributed by atoms with Crippen LogP contribution in [-0.4, -0.2) is 12.2 Å². The van der Waals surface area contributed by atoms with Crippen molar-refractivity contribution < 1.29 is 9.59 Å². The Morgan fingerprint density at radius 1 is 1.00 bits per heavy atom. The van der Waals surface area contributed by atoms with E-state index in [0.717, 1.165) is 0 Å². The first kappa shape index (κ1) is 17.5. The summed E-state index contributed by atoms with van der Waals surface area (Å²) in [5.41, 5.74) is 0. The van der Waals surface area contributed by atoms with Crippen molar-refractivity contribution in [3.05, 3.63) is 0 Å². The summed E-state index contributed by atoms with van der Waals surface area (Å²) in [6.07, 6.45) is 4.98. The molecule has 4 nitrogen and oxygen atoms in total. The van der Waals surface area contributed by atoms with E-state index in [1.54, 1.807) is 0 Å². The molecular formula is C6H12N2O2S2. The van der Waals surface area contributed by atoms with Gasteiger partial charge in [0.25, 0.3) is 0 Å². The quantitative estimate of drug-likeness (QED) is 0.394. The van der Waals surface area contributed by atoms with Crippen molar-refractivity contribution in [1.29, 1.82) is 0 Å². The summed E-state index contributed by atoms with van der Waals surface area (Å²) in [5.74, 6) is 0. The molecule has 0 aliphatic rings. The van der Waals surface area contributed by atoms with Crippen LogP contribution in [0.3, 0.4) is 0 Å². The second-order valence-corrected chi connectivity index (χ2v) is 1.78. The Labute approximate surface area is 83.3 Å². The Morgan fingerprint density at radius 2 is 1.17 bits per heavy atom. The van der Waals surface area contributed by atoms with E-state index in [0.29, 0.717) is 0 Å². The SMILES string of the molecule is CCCC.O=C=NS.O=C=NS.